The van der Waals surface area contributed by atoms with E-state index in [1.165, 1.54) is 24.9 Å². The van der Waals surface area contributed by atoms with Crippen LogP contribution in [-0.2, 0) is 0 Å². The lowest BCUT2D eigenvalue weighted by Gasteiger charge is -2.28. The molecular formula is C21H24N6O2. The Morgan fingerprint density at radius 2 is 1.79 bits per heavy atom. The van der Waals surface area contributed by atoms with Gasteiger partial charge in [-0.3, -0.25) is 4.79 Å². The standard InChI is InChI=1S/C21H24N6O2/c1-14-12-18(24-21(22-14)25-19-13-15(2)29-26-19)20(28)23-16-6-8-17(9-7-16)27-10-4-3-5-11-27/h6-9,12-13H,3-5,10-11H2,1-2H3,(H,23,28)(H,22,24,25,26). The van der Waals surface area contributed by atoms with Crippen LogP contribution in [0.1, 0.15) is 41.2 Å². The number of nitrogens with one attached hydrogen (secondary N) is 2. The fraction of sp³-hybridized carbons (Fsp3) is 0.333. The molecule has 2 aromatic heterocycles. The minimum atomic E-state index is -0.291. The van der Waals surface area contributed by atoms with Crippen LogP contribution in [-0.4, -0.2) is 34.1 Å². The second-order valence-electron chi connectivity index (χ2n) is 7.21. The summed E-state index contributed by atoms with van der Waals surface area (Å²) in [6.45, 7) is 5.79. The van der Waals surface area contributed by atoms with Gasteiger partial charge < -0.3 is 20.1 Å². The zero-order valence-corrected chi connectivity index (χ0v) is 16.6. The van der Waals surface area contributed by atoms with Crippen LogP contribution in [0.4, 0.5) is 23.1 Å². The highest BCUT2D eigenvalue weighted by Gasteiger charge is 2.14. The summed E-state index contributed by atoms with van der Waals surface area (Å²) in [6, 6.07) is 11.3. The van der Waals surface area contributed by atoms with Crippen LogP contribution in [0.2, 0.25) is 0 Å². The molecule has 0 spiro atoms. The van der Waals surface area contributed by atoms with Gasteiger partial charge in [-0.25, -0.2) is 9.97 Å². The van der Waals surface area contributed by atoms with Gasteiger partial charge in [0.1, 0.15) is 11.5 Å². The molecule has 0 unspecified atom stereocenters. The fourth-order valence-electron chi connectivity index (χ4n) is 3.38. The molecule has 1 aliphatic heterocycles. The maximum absolute atomic E-state index is 12.7. The molecule has 0 bridgehead atoms. The van der Waals surface area contributed by atoms with Crippen molar-refractivity contribution in [3.63, 3.8) is 0 Å². The Morgan fingerprint density at radius 3 is 2.48 bits per heavy atom. The maximum atomic E-state index is 12.7. The van der Waals surface area contributed by atoms with E-state index in [1.54, 1.807) is 19.1 Å². The van der Waals surface area contributed by atoms with E-state index in [9.17, 15) is 4.79 Å². The van der Waals surface area contributed by atoms with E-state index in [0.717, 1.165) is 18.8 Å². The van der Waals surface area contributed by atoms with Gasteiger partial charge in [0, 0.05) is 36.2 Å². The summed E-state index contributed by atoms with van der Waals surface area (Å²) in [4.78, 5) is 23.7. The molecule has 0 saturated carbocycles. The van der Waals surface area contributed by atoms with Crippen molar-refractivity contribution in [2.45, 2.75) is 33.1 Å². The molecule has 1 saturated heterocycles. The van der Waals surface area contributed by atoms with Crippen molar-refractivity contribution in [2.75, 3.05) is 28.6 Å². The van der Waals surface area contributed by atoms with E-state index in [1.807, 2.05) is 31.2 Å². The van der Waals surface area contributed by atoms with Crippen LogP contribution in [0.15, 0.2) is 40.9 Å². The van der Waals surface area contributed by atoms with Crippen molar-refractivity contribution in [3.05, 3.63) is 53.5 Å². The summed E-state index contributed by atoms with van der Waals surface area (Å²) in [5, 5.41) is 9.72. The zero-order chi connectivity index (χ0) is 20.2. The third-order valence-electron chi connectivity index (χ3n) is 4.80. The molecule has 8 heteroatoms. The number of aromatic nitrogens is 3. The van der Waals surface area contributed by atoms with Crippen molar-refractivity contribution >= 4 is 29.0 Å². The topological polar surface area (TPSA) is 96.2 Å². The van der Waals surface area contributed by atoms with Gasteiger partial charge >= 0.3 is 0 Å². The average Bonchev–Trinajstić information content (AvgIpc) is 3.13. The summed E-state index contributed by atoms with van der Waals surface area (Å²) in [6.07, 6.45) is 3.77. The number of aryl methyl sites for hydroxylation is 2. The summed E-state index contributed by atoms with van der Waals surface area (Å²) in [5.74, 6) is 1.17. The van der Waals surface area contributed by atoms with Crippen LogP contribution in [0.25, 0.3) is 0 Å². The third kappa shape index (κ3) is 4.71. The number of carbonyl (C=O) groups is 1. The van der Waals surface area contributed by atoms with E-state index in [-0.39, 0.29) is 11.6 Å². The number of anilines is 4. The first-order chi connectivity index (χ1) is 14.1. The molecule has 150 valence electrons. The molecule has 1 aromatic carbocycles. The van der Waals surface area contributed by atoms with Crippen LogP contribution >= 0.6 is 0 Å². The van der Waals surface area contributed by atoms with Gasteiger partial charge in [-0.05, 0) is 63.4 Å². The zero-order valence-electron chi connectivity index (χ0n) is 16.6. The van der Waals surface area contributed by atoms with Gasteiger partial charge in [0.25, 0.3) is 5.91 Å². The highest BCUT2D eigenvalue weighted by atomic mass is 16.5. The number of hydrogen-bond donors (Lipinski definition) is 2. The summed E-state index contributed by atoms with van der Waals surface area (Å²) < 4.78 is 5.03. The van der Waals surface area contributed by atoms with Gasteiger partial charge in [-0.15, -0.1) is 0 Å². The molecule has 3 heterocycles. The smallest absolute Gasteiger partial charge is 0.274 e. The predicted molar refractivity (Wildman–Crippen MR) is 112 cm³/mol. The van der Waals surface area contributed by atoms with Gasteiger partial charge in [-0.2, -0.15) is 0 Å². The van der Waals surface area contributed by atoms with Gasteiger partial charge in [-0.1, -0.05) is 5.16 Å². The molecule has 1 amide bonds. The Bertz CT molecular complexity index is 993. The highest BCUT2D eigenvalue weighted by molar-refractivity contribution is 6.03. The molecular weight excluding hydrogens is 368 g/mol. The second kappa shape index (κ2) is 8.30. The van der Waals surface area contributed by atoms with Crippen molar-refractivity contribution in [2.24, 2.45) is 0 Å². The van der Waals surface area contributed by atoms with Crippen molar-refractivity contribution in [1.82, 2.24) is 15.1 Å². The first-order valence-electron chi connectivity index (χ1n) is 9.79. The summed E-state index contributed by atoms with van der Waals surface area (Å²) >= 11 is 0. The van der Waals surface area contributed by atoms with Gasteiger partial charge in [0.15, 0.2) is 5.82 Å². The minimum Gasteiger partial charge on any atom is -0.372 e. The molecule has 8 nitrogen and oxygen atoms in total. The fourth-order valence-corrected chi connectivity index (χ4v) is 3.38. The lowest BCUT2D eigenvalue weighted by atomic mass is 10.1. The molecule has 0 atom stereocenters. The molecule has 0 aliphatic carbocycles. The average molecular weight is 392 g/mol. The van der Waals surface area contributed by atoms with E-state index in [2.05, 4.69) is 30.7 Å². The van der Waals surface area contributed by atoms with E-state index in [4.69, 9.17) is 4.52 Å². The van der Waals surface area contributed by atoms with Crippen LogP contribution < -0.4 is 15.5 Å². The molecule has 1 aliphatic rings. The summed E-state index contributed by atoms with van der Waals surface area (Å²) in [7, 11) is 0. The maximum Gasteiger partial charge on any atom is 0.274 e. The Hall–Kier alpha value is -3.42. The first kappa shape index (κ1) is 18.9. The Labute approximate surface area is 169 Å². The largest absolute Gasteiger partial charge is 0.372 e. The number of nitrogens with zero attached hydrogens (tertiary/aromatic N) is 4. The number of carbonyl (C=O) groups excluding carboxylic acids is 1. The molecule has 4 rings (SSSR count). The molecule has 29 heavy (non-hydrogen) atoms. The Balaban J connectivity index is 1.45. The van der Waals surface area contributed by atoms with Crippen molar-refractivity contribution in [3.8, 4) is 0 Å². The third-order valence-corrected chi connectivity index (χ3v) is 4.80. The number of piperidine rings is 1. The van der Waals surface area contributed by atoms with E-state index >= 15 is 0 Å². The van der Waals surface area contributed by atoms with Gasteiger partial charge in [0.05, 0.1) is 0 Å². The number of hydrogen-bond acceptors (Lipinski definition) is 7. The normalized spacial score (nSPS) is 13.9. The second-order valence-corrected chi connectivity index (χ2v) is 7.21. The Morgan fingerprint density at radius 1 is 1.03 bits per heavy atom. The van der Waals surface area contributed by atoms with E-state index in [0.29, 0.717) is 23.2 Å². The van der Waals surface area contributed by atoms with Gasteiger partial charge in [0.2, 0.25) is 5.95 Å². The number of rotatable bonds is 5. The minimum absolute atomic E-state index is 0.278. The molecule has 2 N–H and O–H groups in total. The highest BCUT2D eigenvalue weighted by Crippen LogP contribution is 2.22. The Kier molecular flexibility index (Phi) is 5.41. The molecule has 1 fully saturated rings. The van der Waals surface area contributed by atoms with E-state index < -0.39 is 0 Å². The monoisotopic (exact) mass is 392 g/mol. The lowest BCUT2D eigenvalue weighted by molar-refractivity contribution is 0.102. The number of benzene rings is 1. The molecule has 0 radical (unpaired) electrons. The number of amides is 1. The van der Waals surface area contributed by atoms with Crippen molar-refractivity contribution < 1.29 is 9.32 Å². The molecule has 3 aromatic rings. The quantitative estimate of drug-likeness (QED) is 0.676. The first-order valence-corrected chi connectivity index (χ1v) is 9.79. The summed E-state index contributed by atoms with van der Waals surface area (Å²) in [5.41, 5.74) is 2.87. The van der Waals surface area contributed by atoms with Crippen LogP contribution in [0, 0.1) is 13.8 Å². The SMILES string of the molecule is Cc1cc(C(=O)Nc2ccc(N3CCCCC3)cc2)nc(Nc2cc(C)on2)n1. The van der Waals surface area contributed by atoms with Crippen molar-refractivity contribution in [1.29, 1.82) is 0 Å². The lowest BCUT2D eigenvalue weighted by Crippen LogP contribution is -2.29. The van der Waals surface area contributed by atoms with Crippen LogP contribution in [0.5, 0.6) is 0 Å². The predicted octanol–water partition coefficient (Wildman–Crippen LogP) is 4.07. The van der Waals surface area contributed by atoms with Crippen LogP contribution in [0.3, 0.4) is 0 Å².